The van der Waals surface area contributed by atoms with Crippen LogP contribution in [0.4, 0.5) is 5.00 Å². The van der Waals surface area contributed by atoms with Crippen molar-refractivity contribution in [2.75, 3.05) is 12.3 Å². The van der Waals surface area contributed by atoms with Gasteiger partial charge in [0.1, 0.15) is 16.3 Å². The van der Waals surface area contributed by atoms with Gasteiger partial charge >= 0.3 is 5.97 Å². The standard InChI is InChI=1S/C20H30ClNO3SSi/c1-8-24-20(23)16-14-9-10-15(21)17(18(14)26-19(16)22)25-27(11(2)3,12(4)5)13(6)7/h9-13H,8,22H2,1-7H3/q-1. The van der Waals surface area contributed by atoms with E-state index in [4.69, 9.17) is 26.5 Å². The van der Waals surface area contributed by atoms with E-state index in [-0.39, 0.29) is 0 Å². The van der Waals surface area contributed by atoms with Crippen LogP contribution in [0.5, 0.6) is 5.75 Å². The molecule has 0 fully saturated rings. The van der Waals surface area contributed by atoms with Gasteiger partial charge in [0.15, 0.2) is 0 Å². The molecule has 151 valence electrons. The van der Waals surface area contributed by atoms with E-state index in [9.17, 15) is 4.79 Å². The van der Waals surface area contributed by atoms with Crippen molar-refractivity contribution in [2.24, 2.45) is 0 Å². The zero-order chi connectivity index (χ0) is 20.5. The molecule has 2 rings (SSSR count). The lowest BCUT2D eigenvalue weighted by molar-refractivity contribution is 0.0530. The summed E-state index contributed by atoms with van der Waals surface area (Å²) >= 11 is 7.91. The van der Waals surface area contributed by atoms with Crippen molar-refractivity contribution in [3.05, 3.63) is 22.7 Å². The third-order valence-electron chi connectivity index (χ3n) is 5.26. The lowest BCUT2D eigenvalue weighted by Crippen LogP contribution is -2.50. The molecule has 0 saturated carbocycles. The maximum absolute atomic E-state index is 12.4. The number of rotatable bonds is 7. The van der Waals surface area contributed by atoms with E-state index in [1.165, 1.54) is 11.3 Å². The van der Waals surface area contributed by atoms with Crippen LogP contribution in [0.1, 0.15) is 58.8 Å². The SMILES string of the molecule is CCOC(=O)c1c(N)sc2c(O[Si-](C(C)C)(C(C)C)C(C)C)c(Cl)ccc12. The summed E-state index contributed by atoms with van der Waals surface area (Å²) in [6, 6.07) is 3.61. The number of nitrogen functional groups attached to an aromatic ring is 1. The molecule has 4 nitrogen and oxygen atoms in total. The van der Waals surface area contributed by atoms with E-state index < -0.39 is 14.3 Å². The Bertz CT molecular complexity index is 810. The van der Waals surface area contributed by atoms with E-state index in [1.807, 2.05) is 6.07 Å². The molecule has 2 aromatic rings. The number of carbonyl (C=O) groups excluding carboxylic acids is 1. The zero-order valence-corrected chi connectivity index (χ0v) is 19.8. The number of halogens is 1. The fourth-order valence-electron chi connectivity index (χ4n) is 4.17. The van der Waals surface area contributed by atoms with E-state index in [0.29, 0.717) is 44.6 Å². The molecule has 1 aromatic carbocycles. The van der Waals surface area contributed by atoms with Crippen LogP contribution in [-0.2, 0) is 4.74 Å². The van der Waals surface area contributed by atoms with Crippen LogP contribution < -0.4 is 10.2 Å². The first kappa shape index (κ1) is 22.1. The normalized spacial score (nSPS) is 12.4. The highest BCUT2D eigenvalue weighted by molar-refractivity contribution is 7.23. The Morgan fingerprint density at radius 1 is 1.15 bits per heavy atom. The second-order valence-corrected chi connectivity index (χ2v) is 14.6. The van der Waals surface area contributed by atoms with Crippen LogP contribution in [0.3, 0.4) is 0 Å². The van der Waals surface area contributed by atoms with E-state index >= 15 is 0 Å². The third kappa shape index (κ3) is 3.84. The summed E-state index contributed by atoms with van der Waals surface area (Å²) in [5.41, 5.74) is 7.81. The molecular formula is C20H30ClNO3SSi-. The van der Waals surface area contributed by atoms with Crippen LogP contribution in [0.25, 0.3) is 10.1 Å². The van der Waals surface area contributed by atoms with Gasteiger partial charge in [0.25, 0.3) is 0 Å². The van der Waals surface area contributed by atoms with Crippen LogP contribution in [0.15, 0.2) is 12.1 Å². The summed E-state index contributed by atoms with van der Waals surface area (Å²) < 4.78 is 12.9. The monoisotopic (exact) mass is 427 g/mol. The summed E-state index contributed by atoms with van der Waals surface area (Å²) in [6.07, 6.45) is 0. The molecule has 27 heavy (non-hydrogen) atoms. The van der Waals surface area contributed by atoms with Crippen molar-refractivity contribution in [1.82, 2.24) is 0 Å². The average molecular weight is 428 g/mol. The molecular weight excluding hydrogens is 398 g/mol. The molecule has 0 amide bonds. The number of ether oxygens (including phenoxy) is 1. The molecule has 0 atom stereocenters. The fraction of sp³-hybridized carbons (Fsp3) is 0.550. The van der Waals surface area contributed by atoms with E-state index in [0.717, 1.165) is 10.1 Å². The molecule has 0 aliphatic rings. The number of thiophene rings is 1. The Morgan fingerprint density at radius 3 is 2.19 bits per heavy atom. The number of anilines is 1. The molecule has 1 heterocycles. The Balaban J connectivity index is 2.70. The summed E-state index contributed by atoms with van der Waals surface area (Å²) in [5.74, 6) is 0.249. The van der Waals surface area contributed by atoms with Crippen LogP contribution in [0, 0.1) is 0 Å². The molecule has 0 spiro atoms. The topological polar surface area (TPSA) is 61.5 Å². The number of fused-ring (bicyclic) bond motifs is 1. The van der Waals surface area contributed by atoms with Crippen LogP contribution in [-0.4, -0.2) is 20.9 Å². The largest absolute Gasteiger partial charge is 0.686 e. The number of hydrogen-bond acceptors (Lipinski definition) is 5. The summed E-state index contributed by atoms with van der Waals surface area (Å²) in [4.78, 5) is 12.4. The lowest BCUT2D eigenvalue weighted by atomic mass is 10.1. The quantitative estimate of drug-likeness (QED) is 0.386. The first-order valence-electron chi connectivity index (χ1n) is 9.44. The molecule has 2 N–H and O–H groups in total. The van der Waals surface area contributed by atoms with Crippen molar-refractivity contribution in [3.8, 4) is 5.75 Å². The number of nitrogens with two attached hydrogens (primary N) is 1. The molecule has 1 aromatic heterocycles. The maximum Gasteiger partial charge on any atom is 0.341 e. The van der Waals surface area contributed by atoms with Gasteiger partial charge in [-0.2, -0.15) is 0 Å². The van der Waals surface area contributed by atoms with Gasteiger partial charge in [0, 0.05) is 13.7 Å². The predicted molar refractivity (Wildman–Crippen MR) is 119 cm³/mol. The van der Waals surface area contributed by atoms with Gasteiger partial charge in [-0.05, 0) is 13.0 Å². The van der Waals surface area contributed by atoms with E-state index in [2.05, 4.69) is 41.5 Å². The molecule has 0 bridgehead atoms. The zero-order valence-electron chi connectivity index (χ0n) is 17.2. The van der Waals surface area contributed by atoms with Crippen molar-refractivity contribution >= 4 is 52.3 Å². The van der Waals surface area contributed by atoms with Gasteiger partial charge in [-0.25, -0.2) is 4.79 Å². The lowest BCUT2D eigenvalue weighted by Gasteiger charge is -2.55. The second kappa shape index (κ2) is 8.41. The minimum Gasteiger partial charge on any atom is -0.686 e. The maximum atomic E-state index is 12.4. The first-order chi connectivity index (χ1) is 12.6. The van der Waals surface area contributed by atoms with Gasteiger partial charge in [-0.3, -0.25) is 0 Å². The van der Waals surface area contributed by atoms with E-state index in [1.54, 1.807) is 13.0 Å². The van der Waals surface area contributed by atoms with Crippen molar-refractivity contribution in [1.29, 1.82) is 0 Å². The number of esters is 1. The van der Waals surface area contributed by atoms with Crippen molar-refractivity contribution < 1.29 is 14.0 Å². The first-order valence-corrected chi connectivity index (χ1v) is 12.8. The van der Waals surface area contributed by atoms with Crippen LogP contribution >= 0.6 is 22.9 Å². The molecule has 0 saturated heterocycles. The average Bonchev–Trinajstić information content (AvgIpc) is 2.89. The van der Waals surface area contributed by atoms with Crippen molar-refractivity contribution in [3.63, 3.8) is 0 Å². The van der Waals surface area contributed by atoms with Crippen molar-refractivity contribution in [2.45, 2.75) is 65.1 Å². The highest BCUT2D eigenvalue weighted by Gasteiger charge is 2.35. The van der Waals surface area contributed by atoms with Gasteiger partial charge in [-0.1, -0.05) is 59.2 Å². The molecule has 0 aliphatic heterocycles. The predicted octanol–water partition coefficient (Wildman–Crippen LogP) is 6.87. The smallest absolute Gasteiger partial charge is 0.341 e. The van der Waals surface area contributed by atoms with Gasteiger partial charge in [0.2, 0.25) is 0 Å². The Hall–Kier alpha value is -1.24. The molecule has 0 aliphatic carbocycles. The number of carbonyl (C=O) groups is 1. The minimum absolute atomic E-state index is 0.302. The Kier molecular flexibility index (Phi) is 6.87. The molecule has 0 unspecified atom stereocenters. The summed E-state index contributed by atoms with van der Waals surface area (Å²) in [7, 11) is -2.20. The summed E-state index contributed by atoms with van der Waals surface area (Å²) in [5, 5.41) is 1.73. The highest BCUT2D eigenvalue weighted by atomic mass is 35.5. The number of hydrogen-bond donors (Lipinski definition) is 1. The Labute approximate surface area is 172 Å². The second-order valence-electron chi connectivity index (χ2n) is 7.73. The van der Waals surface area contributed by atoms with Gasteiger partial charge in [0.05, 0.1) is 16.3 Å². The molecule has 7 heteroatoms. The third-order valence-corrected chi connectivity index (χ3v) is 12.6. The molecule has 0 radical (unpaired) electrons. The highest BCUT2D eigenvalue weighted by Crippen LogP contribution is 2.49. The van der Waals surface area contributed by atoms with Gasteiger partial charge in [-0.15, -0.1) is 28.0 Å². The minimum atomic E-state index is -2.20. The number of benzene rings is 1. The van der Waals surface area contributed by atoms with Crippen LogP contribution in [0.2, 0.25) is 21.6 Å². The Morgan fingerprint density at radius 2 is 1.70 bits per heavy atom. The fourth-order valence-corrected chi connectivity index (χ4v) is 10.9. The van der Waals surface area contributed by atoms with Gasteiger partial charge < -0.3 is 14.9 Å². The summed E-state index contributed by atoms with van der Waals surface area (Å²) in [6.45, 7) is 15.5.